The van der Waals surface area contributed by atoms with Crippen molar-refractivity contribution in [3.05, 3.63) is 48.3 Å². The van der Waals surface area contributed by atoms with E-state index in [2.05, 4.69) is 25.7 Å². The van der Waals surface area contributed by atoms with Crippen molar-refractivity contribution in [1.29, 1.82) is 0 Å². The zero-order chi connectivity index (χ0) is 22.0. The number of primary amides is 1. The summed E-state index contributed by atoms with van der Waals surface area (Å²) in [6.07, 6.45) is 10.7. The van der Waals surface area contributed by atoms with E-state index in [1.807, 2.05) is 19.3 Å². The molecule has 4 rings (SSSR count). The number of nitrogens with one attached hydrogen (secondary N) is 2. The summed E-state index contributed by atoms with van der Waals surface area (Å²) in [5.74, 6) is -1.26. The van der Waals surface area contributed by atoms with Gasteiger partial charge in [-0.2, -0.15) is 5.10 Å². The number of nitrogens with zero attached hydrogens (tertiary/aromatic N) is 4. The highest BCUT2D eigenvalue weighted by atomic mass is 19.1. The average Bonchev–Trinajstić information content (AvgIpc) is 3.18. The summed E-state index contributed by atoms with van der Waals surface area (Å²) in [4.78, 5) is 20.5. The Morgan fingerprint density at radius 1 is 1.16 bits per heavy atom. The van der Waals surface area contributed by atoms with E-state index in [-0.39, 0.29) is 29.3 Å². The molecule has 10 heteroatoms. The fourth-order valence-electron chi connectivity index (χ4n) is 3.76. The molecule has 1 saturated carbocycles. The van der Waals surface area contributed by atoms with Crippen LogP contribution in [0.1, 0.15) is 36.0 Å². The van der Waals surface area contributed by atoms with Gasteiger partial charge >= 0.3 is 0 Å². The third-order valence-electron chi connectivity index (χ3n) is 5.42. The maximum atomic E-state index is 14.7. The maximum absolute atomic E-state index is 14.7. The lowest BCUT2D eigenvalue weighted by Crippen LogP contribution is -2.43. The molecule has 0 bridgehead atoms. The Hall–Kier alpha value is -3.53. The van der Waals surface area contributed by atoms with Crippen molar-refractivity contribution in [3.8, 4) is 11.1 Å². The first kappa shape index (κ1) is 20.7. The van der Waals surface area contributed by atoms with E-state index in [9.17, 15) is 9.18 Å². The number of carbonyl (C=O) groups is 1. The van der Waals surface area contributed by atoms with Crippen LogP contribution in [0.5, 0.6) is 0 Å². The van der Waals surface area contributed by atoms with Gasteiger partial charge in [-0.15, -0.1) is 0 Å². The number of nitrogens with two attached hydrogens (primary N) is 2. The van der Waals surface area contributed by atoms with Crippen LogP contribution in [0.4, 0.5) is 21.7 Å². The predicted molar refractivity (Wildman–Crippen MR) is 116 cm³/mol. The summed E-state index contributed by atoms with van der Waals surface area (Å²) in [6, 6.07) is 2.76. The van der Waals surface area contributed by atoms with Crippen molar-refractivity contribution < 1.29 is 9.18 Å². The van der Waals surface area contributed by atoms with Crippen molar-refractivity contribution in [1.82, 2.24) is 19.7 Å². The van der Waals surface area contributed by atoms with Crippen LogP contribution in [0.2, 0.25) is 0 Å². The van der Waals surface area contributed by atoms with E-state index in [4.69, 9.17) is 11.5 Å². The molecule has 1 aliphatic carbocycles. The molecular weight excluding hydrogens is 399 g/mol. The highest BCUT2D eigenvalue weighted by Gasteiger charge is 2.24. The number of halogens is 1. The first-order valence-electron chi connectivity index (χ1n) is 10.1. The zero-order valence-corrected chi connectivity index (χ0v) is 17.2. The molecule has 0 saturated heterocycles. The molecule has 31 heavy (non-hydrogen) atoms. The van der Waals surface area contributed by atoms with E-state index < -0.39 is 11.7 Å². The molecule has 0 radical (unpaired) electrons. The SMILES string of the molecule is Cn1cc(-c2cncc(Nc3nc(NC4CCCCC4N)c(F)cc3C(N)=O)c2)cn1. The van der Waals surface area contributed by atoms with Gasteiger partial charge < -0.3 is 22.1 Å². The Balaban J connectivity index is 1.64. The Morgan fingerprint density at radius 3 is 2.68 bits per heavy atom. The van der Waals surface area contributed by atoms with Gasteiger partial charge in [0.15, 0.2) is 11.6 Å². The minimum absolute atomic E-state index is 0.0335. The van der Waals surface area contributed by atoms with Gasteiger partial charge in [-0.25, -0.2) is 9.37 Å². The summed E-state index contributed by atoms with van der Waals surface area (Å²) in [6.45, 7) is 0. The number of aromatic nitrogens is 4. The number of rotatable bonds is 6. The average molecular weight is 424 g/mol. The first-order chi connectivity index (χ1) is 14.9. The fraction of sp³-hybridized carbons (Fsp3) is 0.333. The molecule has 0 aromatic carbocycles. The molecule has 0 aliphatic heterocycles. The molecular formula is C21H25FN8O. The van der Waals surface area contributed by atoms with Crippen molar-refractivity contribution in [2.45, 2.75) is 37.8 Å². The molecule has 3 heterocycles. The summed E-state index contributed by atoms with van der Waals surface area (Å²) < 4.78 is 16.4. The minimum Gasteiger partial charge on any atom is -0.365 e. The number of pyridine rings is 2. The predicted octanol–water partition coefficient (Wildman–Crippen LogP) is 2.54. The second-order valence-electron chi connectivity index (χ2n) is 7.77. The van der Waals surface area contributed by atoms with E-state index in [1.54, 1.807) is 23.3 Å². The third kappa shape index (κ3) is 4.64. The van der Waals surface area contributed by atoms with Crippen LogP contribution >= 0.6 is 0 Å². The highest BCUT2D eigenvalue weighted by molar-refractivity contribution is 5.98. The van der Waals surface area contributed by atoms with Crippen LogP contribution in [0.15, 0.2) is 36.9 Å². The maximum Gasteiger partial charge on any atom is 0.252 e. The summed E-state index contributed by atoms with van der Waals surface area (Å²) in [5, 5.41) is 10.3. The zero-order valence-electron chi connectivity index (χ0n) is 17.2. The Kier molecular flexibility index (Phi) is 5.81. The molecule has 3 aromatic rings. The van der Waals surface area contributed by atoms with Gasteiger partial charge in [-0.05, 0) is 25.0 Å². The Bertz CT molecular complexity index is 1100. The molecule has 2 atom stereocenters. The molecule has 1 aliphatic rings. The van der Waals surface area contributed by atoms with Gasteiger partial charge in [0.05, 0.1) is 23.6 Å². The van der Waals surface area contributed by atoms with Crippen LogP contribution in [0, 0.1) is 5.82 Å². The third-order valence-corrected chi connectivity index (χ3v) is 5.42. The number of aryl methyl sites for hydroxylation is 1. The summed E-state index contributed by atoms with van der Waals surface area (Å²) in [5.41, 5.74) is 13.9. The lowest BCUT2D eigenvalue weighted by Gasteiger charge is -2.30. The van der Waals surface area contributed by atoms with E-state index in [0.29, 0.717) is 5.69 Å². The molecule has 1 amide bonds. The highest BCUT2D eigenvalue weighted by Crippen LogP contribution is 2.28. The number of hydrogen-bond donors (Lipinski definition) is 4. The Morgan fingerprint density at radius 2 is 1.97 bits per heavy atom. The van der Waals surface area contributed by atoms with Crippen molar-refractivity contribution in [2.24, 2.45) is 18.5 Å². The number of amides is 1. The summed E-state index contributed by atoms with van der Waals surface area (Å²) in [7, 11) is 1.83. The smallest absolute Gasteiger partial charge is 0.252 e. The monoisotopic (exact) mass is 424 g/mol. The van der Waals surface area contributed by atoms with Crippen LogP contribution in [-0.4, -0.2) is 37.7 Å². The van der Waals surface area contributed by atoms with E-state index >= 15 is 0 Å². The standard InChI is InChI=1S/C21H25FN8O/c1-30-11-13(9-26-30)12-6-14(10-25-8-12)27-20-15(19(24)31)7-16(22)21(29-20)28-18-5-3-2-4-17(18)23/h6-11,17-18H,2-5,23H2,1H3,(H2,24,31)(H2,27,28,29). The van der Waals surface area contributed by atoms with Crippen molar-refractivity contribution in [2.75, 3.05) is 10.6 Å². The molecule has 3 aromatic heterocycles. The largest absolute Gasteiger partial charge is 0.365 e. The van der Waals surface area contributed by atoms with E-state index in [1.165, 1.54) is 0 Å². The normalized spacial score (nSPS) is 18.5. The molecule has 2 unspecified atom stereocenters. The lowest BCUT2D eigenvalue weighted by molar-refractivity contribution is 0.100. The number of carbonyl (C=O) groups excluding carboxylic acids is 1. The first-order valence-corrected chi connectivity index (χ1v) is 10.1. The molecule has 9 nitrogen and oxygen atoms in total. The van der Waals surface area contributed by atoms with Gasteiger partial charge in [-0.1, -0.05) is 12.8 Å². The molecule has 6 N–H and O–H groups in total. The molecule has 1 fully saturated rings. The summed E-state index contributed by atoms with van der Waals surface area (Å²) >= 11 is 0. The number of hydrogen-bond acceptors (Lipinski definition) is 7. The van der Waals surface area contributed by atoms with Crippen LogP contribution in [0.25, 0.3) is 11.1 Å². The minimum atomic E-state index is -0.786. The molecule has 162 valence electrons. The van der Waals surface area contributed by atoms with E-state index in [0.717, 1.165) is 42.9 Å². The Labute approximate surface area is 179 Å². The fourth-order valence-corrected chi connectivity index (χ4v) is 3.76. The van der Waals surface area contributed by atoms with Crippen molar-refractivity contribution >= 4 is 23.2 Å². The van der Waals surface area contributed by atoms with Gasteiger partial charge in [-0.3, -0.25) is 14.5 Å². The van der Waals surface area contributed by atoms with Gasteiger partial charge in [0.2, 0.25) is 0 Å². The van der Waals surface area contributed by atoms with Crippen molar-refractivity contribution in [3.63, 3.8) is 0 Å². The second kappa shape index (κ2) is 8.68. The molecule has 0 spiro atoms. The van der Waals surface area contributed by atoms with Crippen LogP contribution in [0.3, 0.4) is 0 Å². The second-order valence-corrected chi connectivity index (χ2v) is 7.77. The quantitative estimate of drug-likeness (QED) is 0.477. The topological polar surface area (TPSA) is 137 Å². The van der Waals surface area contributed by atoms with Crippen LogP contribution in [-0.2, 0) is 7.05 Å². The van der Waals surface area contributed by atoms with Gasteiger partial charge in [0, 0.05) is 42.7 Å². The van der Waals surface area contributed by atoms with Crippen LogP contribution < -0.4 is 22.1 Å². The number of anilines is 3. The van der Waals surface area contributed by atoms with Gasteiger partial charge in [0.25, 0.3) is 5.91 Å². The van der Waals surface area contributed by atoms with Gasteiger partial charge in [0.1, 0.15) is 5.82 Å². The lowest BCUT2D eigenvalue weighted by atomic mass is 9.91.